The van der Waals surface area contributed by atoms with Crippen LogP contribution in [0.5, 0.6) is 0 Å². The molecular weight excluding hydrogens is 337 g/mol. The fraction of sp³-hybridized carbons (Fsp3) is 0.125. The van der Waals surface area contributed by atoms with Gasteiger partial charge in [-0.1, -0.05) is 36.4 Å². The highest BCUT2D eigenvalue weighted by Gasteiger charge is 2.38. The van der Waals surface area contributed by atoms with Crippen LogP contribution in [-0.4, -0.2) is 29.3 Å². The summed E-state index contributed by atoms with van der Waals surface area (Å²) >= 11 is 0. The molecule has 0 saturated carbocycles. The van der Waals surface area contributed by atoms with Crippen LogP contribution in [0, 0.1) is 0 Å². The van der Waals surface area contributed by atoms with E-state index >= 15 is 0 Å². The maximum Gasteiger partial charge on any atom is 0.434 e. The summed E-state index contributed by atoms with van der Waals surface area (Å²) in [6.45, 7) is 0. The molecule has 0 radical (unpaired) electrons. The Labute approximate surface area is 141 Å². The minimum Gasteiger partial charge on any atom is -0.465 e. The highest BCUT2D eigenvalue weighted by molar-refractivity contribution is 5.90. The van der Waals surface area contributed by atoms with Crippen molar-refractivity contribution < 1.29 is 22.7 Å². The second-order valence-corrected chi connectivity index (χ2v) is 4.61. The molecule has 1 heterocycles. The summed E-state index contributed by atoms with van der Waals surface area (Å²) in [5.41, 5.74) is 1.04. The molecule has 0 bridgehead atoms. The van der Waals surface area contributed by atoms with Crippen molar-refractivity contribution in [3.05, 3.63) is 59.4 Å². The topological polar surface area (TPSA) is 76.5 Å². The fourth-order valence-corrected chi connectivity index (χ4v) is 1.77. The Morgan fingerprint density at radius 2 is 2.00 bits per heavy atom. The van der Waals surface area contributed by atoms with E-state index in [2.05, 4.69) is 25.2 Å². The van der Waals surface area contributed by atoms with Crippen molar-refractivity contribution in [2.24, 2.45) is 5.10 Å². The predicted octanol–water partition coefficient (Wildman–Crippen LogP) is 3.39. The second-order valence-electron chi connectivity index (χ2n) is 4.61. The second kappa shape index (κ2) is 8.04. The molecule has 130 valence electrons. The molecule has 0 unspecified atom stereocenters. The lowest BCUT2D eigenvalue weighted by molar-refractivity contribution is -0.141. The van der Waals surface area contributed by atoms with Crippen molar-refractivity contribution in [2.75, 3.05) is 12.5 Å². The number of benzene rings is 1. The van der Waals surface area contributed by atoms with Crippen LogP contribution < -0.4 is 5.43 Å². The summed E-state index contributed by atoms with van der Waals surface area (Å²) in [4.78, 5) is 18.3. The lowest BCUT2D eigenvalue weighted by atomic mass is 10.2. The minimum absolute atomic E-state index is 0.399. The largest absolute Gasteiger partial charge is 0.465 e. The zero-order valence-corrected chi connectivity index (χ0v) is 13.0. The molecule has 1 N–H and O–H groups in total. The lowest BCUT2D eigenvalue weighted by Gasteiger charge is -2.10. The molecule has 0 spiro atoms. The number of anilines is 1. The molecule has 0 atom stereocenters. The third-order valence-corrected chi connectivity index (χ3v) is 2.88. The number of halogens is 3. The number of allylic oxidation sites excluding steroid dienone is 1. The van der Waals surface area contributed by atoms with Crippen molar-refractivity contribution in [2.45, 2.75) is 6.18 Å². The summed E-state index contributed by atoms with van der Waals surface area (Å²) in [6, 6.07) is 9.36. The number of hydrogen-bond donors (Lipinski definition) is 1. The van der Waals surface area contributed by atoms with Gasteiger partial charge in [0.05, 0.1) is 7.11 Å². The molecule has 1 aromatic carbocycles. The number of ether oxygens (including phenoxy) is 1. The van der Waals surface area contributed by atoms with Gasteiger partial charge in [-0.2, -0.15) is 18.3 Å². The van der Waals surface area contributed by atoms with Crippen molar-refractivity contribution in [1.29, 1.82) is 0 Å². The van der Waals surface area contributed by atoms with E-state index in [0.29, 0.717) is 0 Å². The molecule has 0 aliphatic rings. The Hall–Kier alpha value is -3.23. The zero-order chi connectivity index (χ0) is 18.3. The van der Waals surface area contributed by atoms with Crippen molar-refractivity contribution in [3.63, 3.8) is 0 Å². The monoisotopic (exact) mass is 350 g/mol. The van der Waals surface area contributed by atoms with Crippen molar-refractivity contribution >= 4 is 24.2 Å². The molecule has 0 aliphatic carbocycles. The molecular formula is C16H13F3N4O2. The van der Waals surface area contributed by atoms with Crippen LogP contribution in [0.2, 0.25) is 0 Å². The number of methoxy groups -OCH3 is 1. The van der Waals surface area contributed by atoms with Gasteiger partial charge in [-0.15, -0.1) is 0 Å². The summed E-state index contributed by atoms with van der Waals surface area (Å²) in [5, 5.41) is 3.70. The lowest BCUT2D eigenvalue weighted by Crippen LogP contribution is -2.18. The number of esters is 1. The Bertz CT molecular complexity index is 790. The average Bonchev–Trinajstić information content (AvgIpc) is 2.61. The number of hydrazone groups is 1. The van der Waals surface area contributed by atoms with Gasteiger partial charge in [0, 0.05) is 12.4 Å². The van der Waals surface area contributed by atoms with Crippen LogP contribution in [0.15, 0.2) is 47.7 Å². The predicted molar refractivity (Wildman–Crippen MR) is 86.0 cm³/mol. The van der Waals surface area contributed by atoms with Crippen LogP contribution >= 0.6 is 0 Å². The fourth-order valence-electron chi connectivity index (χ4n) is 1.77. The first-order valence-electron chi connectivity index (χ1n) is 6.95. The van der Waals surface area contributed by atoms with E-state index < -0.39 is 29.4 Å². The summed E-state index contributed by atoms with van der Waals surface area (Å²) in [7, 11) is 0.970. The number of nitrogens with one attached hydrogen (secondary N) is 1. The molecule has 0 amide bonds. The quantitative estimate of drug-likeness (QED) is 0.508. The minimum atomic E-state index is -4.83. The maximum absolute atomic E-state index is 13.0. The Balaban J connectivity index is 2.11. The number of rotatable bonds is 5. The molecule has 0 saturated heterocycles. The van der Waals surface area contributed by atoms with E-state index in [1.165, 1.54) is 6.21 Å². The summed E-state index contributed by atoms with van der Waals surface area (Å²) < 4.78 is 43.2. The van der Waals surface area contributed by atoms with E-state index in [0.717, 1.165) is 18.9 Å². The van der Waals surface area contributed by atoms with E-state index in [9.17, 15) is 18.0 Å². The van der Waals surface area contributed by atoms with E-state index in [1.54, 1.807) is 12.2 Å². The molecule has 25 heavy (non-hydrogen) atoms. The van der Waals surface area contributed by atoms with Gasteiger partial charge >= 0.3 is 12.1 Å². The van der Waals surface area contributed by atoms with Gasteiger partial charge in [-0.05, 0) is 11.6 Å². The smallest absolute Gasteiger partial charge is 0.434 e. The number of nitrogens with zero attached hydrogens (tertiary/aromatic N) is 3. The van der Waals surface area contributed by atoms with Crippen LogP contribution in [0.25, 0.3) is 6.08 Å². The van der Waals surface area contributed by atoms with E-state index in [-0.39, 0.29) is 0 Å². The van der Waals surface area contributed by atoms with Crippen LogP contribution in [0.3, 0.4) is 0 Å². The first-order valence-corrected chi connectivity index (χ1v) is 6.95. The molecule has 0 fully saturated rings. The first kappa shape index (κ1) is 18.1. The van der Waals surface area contributed by atoms with Gasteiger partial charge in [0.2, 0.25) is 5.95 Å². The van der Waals surface area contributed by atoms with E-state index in [4.69, 9.17) is 0 Å². The Morgan fingerprint density at radius 1 is 1.28 bits per heavy atom. The number of alkyl halides is 3. The molecule has 0 aliphatic heterocycles. The average molecular weight is 350 g/mol. The maximum atomic E-state index is 13.0. The number of carbonyl (C=O) groups is 1. The van der Waals surface area contributed by atoms with Crippen LogP contribution in [-0.2, 0) is 10.9 Å². The normalized spacial score (nSPS) is 11.8. The number of hydrogen-bond acceptors (Lipinski definition) is 6. The van der Waals surface area contributed by atoms with Gasteiger partial charge in [-0.25, -0.2) is 20.2 Å². The molecule has 1 aromatic heterocycles. The van der Waals surface area contributed by atoms with Gasteiger partial charge in [0.25, 0.3) is 0 Å². The number of carbonyl (C=O) groups excluding carboxylic acids is 1. The van der Waals surface area contributed by atoms with Gasteiger partial charge < -0.3 is 4.74 Å². The van der Waals surface area contributed by atoms with Crippen molar-refractivity contribution in [3.8, 4) is 0 Å². The standard InChI is InChI=1S/C16H13F3N4O2/c1-25-14(24)12-10-20-15(22-13(12)16(17,18)19)23-21-9-5-8-11-6-3-2-4-7-11/h2-10H,1H3,(H,20,22,23)/b8-5+,21-9+. The van der Waals surface area contributed by atoms with Gasteiger partial charge in [-0.3, -0.25) is 0 Å². The van der Waals surface area contributed by atoms with Crippen LogP contribution in [0.4, 0.5) is 19.1 Å². The first-order chi connectivity index (χ1) is 11.9. The van der Waals surface area contributed by atoms with Gasteiger partial charge in [0.15, 0.2) is 5.69 Å². The van der Waals surface area contributed by atoms with E-state index in [1.807, 2.05) is 30.3 Å². The van der Waals surface area contributed by atoms with Crippen LogP contribution in [0.1, 0.15) is 21.6 Å². The molecule has 2 rings (SSSR count). The van der Waals surface area contributed by atoms with Gasteiger partial charge in [0.1, 0.15) is 5.56 Å². The Morgan fingerprint density at radius 3 is 2.64 bits per heavy atom. The summed E-state index contributed by atoms with van der Waals surface area (Å²) in [6.07, 6.45) is 0.584. The SMILES string of the molecule is COC(=O)c1cnc(N/N=C/C=C/c2ccccc2)nc1C(F)(F)F. The summed E-state index contributed by atoms with van der Waals surface area (Å²) in [5.74, 6) is -1.57. The van der Waals surface area contributed by atoms with Crippen molar-refractivity contribution in [1.82, 2.24) is 9.97 Å². The highest BCUT2D eigenvalue weighted by atomic mass is 19.4. The Kier molecular flexibility index (Phi) is 5.83. The third-order valence-electron chi connectivity index (χ3n) is 2.88. The highest BCUT2D eigenvalue weighted by Crippen LogP contribution is 2.31. The molecule has 9 heteroatoms. The third kappa shape index (κ3) is 5.13. The number of aromatic nitrogens is 2. The molecule has 2 aromatic rings. The molecule has 6 nitrogen and oxygen atoms in total. The zero-order valence-electron chi connectivity index (χ0n) is 13.0.